The topological polar surface area (TPSA) is 113 Å². The van der Waals surface area contributed by atoms with E-state index in [9.17, 15) is 9.90 Å². The molecule has 7 nitrogen and oxygen atoms in total. The number of nitrogen functional groups attached to an aromatic ring is 1. The zero-order valence-electron chi connectivity index (χ0n) is 17.2. The predicted molar refractivity (Wildman–Crippen MR) is 127 cm³/mol. The minimum Gasteiger partial charge on any atom is -0.480 e. The first-order valence-corrected chi connectivity index (χ1v) is 11.0. The van der Waals surface area contributed by atoms with Crippen LogP contribution in [0.3, 0.4) is 0 Å². The van der Waals surface area contributed by atoms with Crippen molar-refractivity contribution in [2.75, 3.05) is 11.1 Å². The Kier molecular flexibility index (Phi) is 6.50. The average molecular weight is 472 g/mol. The van der Waals surface area contributed by atoms with Gasteiger partial charge in [0.25, 0.3) is 0 Å². The van der Waals surface area contributed by atoms with Crippen LogP contribution in [0.15, 0.2) is 48.7 Å². The summed E-state index contributed by atoms with van der Waals surface area (Å²) >= 11 is 12.5. The number of nitrogens with one attached hydrogen (secondary N) is 2. The number of carbonyl (C=O) groups is 1. The van der Waals surface area contributed by atoms with Crippen LogP contribution in [0.4, 0.5) is 11.6 Å². The van der Waals surface area contributed by atoms with E-state index in [1.165, 1.54) is 0 Å². The van der Waals surface area contributed by atoms with Crippen molar-refractivity contribution in [1.29, 1.82) is 0 Å². The number of carboxylic acid groups (broad SMARTS) is 1. The maximum Gasteiger partial charge on any atom is 0.323 e. The molecule has 3 aromatic rings. The summed E-state index contributed by atoms with van der Waals surface area (Å²) in [5, 5.41) is 17.0. The molecule has 1 aliphatic rings. The van der Waals surface area contributed by atoms with Crippen molar-refractivity contribution in [1.82, 2.24) is 15.3 Å². The van der Waals surface area contributed by atoms with Crippen LogP contribution >= 0.6 is 23.2 Å². The van der Waals surface area contributed by atoms with Crippen LogP contribution in [0.1, 0.15) is 30.4 Å². The zero-order valence-corrected chi connectivity index (χ0v) is 18.7. The molecular formula is C23H23Cl2N5O2. The highest BCUT2D eigenvalue weighted by Crippen LogP contribution is 2.32. The fraction of sp³-hybridized carbons (Fsp3) is 0.261. The van der Waals surface area contributed by atoms with Gasteiger partial charge in [0, 0.05) is 34.3 Å². The summed E-state index contributed by atoms with van der Waals surface area (Å²) in [6, 6.07) is 13.1. The molecule has 9 heteroatoms. The maximum absolute atomic E-state index is 11.6. The summed E-state index contributed by atoms with van der Waals surface area (Å²) in [6.07, 6.45) is 3.83. The van der Waals surface area contributed by atoms with Gasteiger partial charge in [0.1, 0.15) is 5.54 Å². The lowest BCUT2D eigenvalue weighted by Gasteiger charge is -2.38. The van der Waals surface area contributed by atoms with Crippen molar-refractivity contribution in [3.8, 4) is 11.3 Å². The van der Waals surface area contributed by atoms with Gasteiger partial charge in [0.15, 0.2) is 11.6 Å². The molecule has 0 spiro atoms. The smallest absolute Gasteiger partial charge is 0.323 e. The fourth-order valence-electron chi connectivity index (χ4n) is 3.65. The molecule has 5 N–H and O–H groups in total. The molecular weight excluding hydrogens is 449 g/mol. The van der Waals surface area contributed by atoms with Crippen LogP contribution in [0.2, 0.25) is 10.0 Å². The Hall–Kier alpha value is -2.87. The number of benzene rings is 2. The van der Waals surface area contributed by atoms with E-state index in [1.807, 2.05) is 24.3 Å². The standard InChI is InChI=1S/C23H23Cl2N5O2/c24-17-6-2-7-18(25)16(17)12-28-21-20(26)27-13-19(30-21)15-5-1-4-14(10-15)11-29-23(22(31)32)8-3-9-23/h1-2,4-7,10,13,29H,3,8-9,11-12H2,(H2,26,27)(H,28,30)(H,31,32). The van der Waals surface area contributed by atoms with Crippen LogP contribution < -0.4 is 16.4 Å². The van der Waals surface area contributed by atoms with Gasteiger partial charge >= 0.3 is 5.97 Å². The molecule has 2 aromatic carbocycles. The average Bonchev–Trinajstić information content (AvgIpc) is 2.74. The number of halogens is 2. The molecule has 0 radical (unpaired) electrons. The Morgan fingerprint density at radius 3 is 2.50 bits per heavy atom. The minimum absolute atomic E-state index is 0.267. The van der Waals surface area contributed by atoms with Gasteiger partial charge in [0.2, 0.25) is 0 Å². The van der Waals surface area contributed by atoms with Crippen molar-refractivity contribution in [3.63, 3.8) is 0 Å². The van der Waals surface area contributed by atoms with Crippen molar-refractivity contribution in [2.24, 2.45) is 0 Å². The van der Waals surface area contributed by atoms with E-state index in [-0.39, 0.29) is 5.82 Å². The Morgan fingerprint density at radius 1 is 1.12 bits per heavy atom. The summed E-state index contributed by atoms with van der Waals surface area (Å²) in [7, 11) is 0. The van der Waals surface area contributed by atoms with Crippen LogP contribution in [0.25, 0.3) is 11.3 Å². The third-order valence-corrected chi connectivity index (χ3v) is 6.47. The molecule has 1 aliphatic carbocycles. The van der Waals surface area contributed by atoms with Crippen LogP contribution in [-0.4, -0.2) is 26.6 Å². The lowest BCUT2D eigenvalue weighted by atomic mass is 9.76. The van der Waals surface area contributed by atoms with E-state index in [2.05, 4.69) is 20.6 Å². The second-order valence-corrected chi connectivity index (χ2v) is 8.65. The quantitative estimate of drug-likeness (QED) is 0.375. The van der Waals surface area contributed by atoms with Crippen molar-refractivity contribution in [2.45, 2.75) is 37.9 Å². The van der Waals surface area contributed by atoms with Gasteiger partial charge in [-0.25, -0.2) is 9.97 Å². The molecule has 0 saturated heterocycles. The molecule has 0 bridgehead atoms. The number of anilines is 2. The molecule has 1 fully saturated rings. The number of nitrogens with two attached hydrogens (primary N) is 1. The summed E-state index contributed by atoms with van der Waals surface area (Å²) < 4.78 is 0. The van der Waals surface area contributed by atoms with Gasteiger partial charge in [-0.2, -0.15) is 0 Å². The number of hydrogen-bond acceptors (Lipinski definition) is 6. The van der Waals surface area contributed by atoms with E-state index in [1.54, 1.807) is 24.4 Å². The summed E-state index contributed by atoms with van der Waals surface area (Å²) in [6.45, 7) is 0.806. The van der Waals surface area contributed by atoms with Crippen LogP contribution in [-0.2, 0) is 17.9 Å². The van der Waals surface area contributed by atoms with Crippen LogP contribution in [0.5, 0.6) is 0 Å². The van der Waals surface area contributed by atoms with Crippen molar-refractivity contribution >= 4 is 40.8 Å². The van der Waals surface area contributed by atoms with E-state index in [4.69, 9.17) is 28.9 Å². The molecule has 1 saturated carbocycles. The third-order valence-electron chi connectivity index (χ3n) is 5.77. The lowest BCUT2D eigenvalue weighted by molar-refractivity contribution is -0.148. The Labute approximate surface area is 196 Å². The molecule has 32 heavy (non-hydrogen) atoms. The normalized spacial score (nSPS) is 14.6. The first-order valence-electron chi connectivity index (χ1n) is 10.2. The fourth-order valence-corrected chi connectivity index (χ4v) is 4.18. The van der Waals surface area contributed by atoms with E-state index < -0.39 is 11.5 Å². The molecule has 0 atom stereocenters. The second kappa shape index (κ2) is 9.32. The number of aromatic nitrogens is 2. The monoisotopic (exact) mass is 471 g/mol. The number of rotatable bonds is 8. The largest absolute Gasteiger partial charge is 0.480 e. The number of aliphatic carboxylic acids is 1. The summed E-state index contributed by atoms with van der Waals surface area (Å²) in [5.74, 6) is -0.0944. The maximum atomic E-state index is 11.6. The van der Waals surface area contributed by atoms with E-state index in [0.717, 1.165) is 23.1 Å². The minimum atomic E-state index is -0.811. The summed E-state index contributed by atoms with van der Waals surface area (Å²) in [4.78, 5) is 20.5. The van der Waals surface area contributed by atoms with Crippen molar-refractivity contribution < 1.29 is 9.90 Å². The highest BCUT2D eigenvalue weighted by Gasteiger charge is 2.43. The van der Waals surface area contributed by atoms with Crippen LogP contribution in [0, 0.1) is 0 Å². The Bertz CT molecular complexity index is 1130. The molecule has 0 amide bonds. The molecule has 1 aromatic heterocycles. The SMILES string of the molecule is Nc1ncc(-c2cccc(CNC3(C(=O)O)CCC3)c2)nc1NCc1c(Cl)cccc1Cl. The lowest BCUT2D eigenvalue weighted by Crippen LogP contribution is -2.56. The molecule has 1 heterocycles. The number of carboxylic acids is 1. The summed E-state index contributed by atoms with van der Waals surface area (Å²) in [5.41, 5.74) is 8.42. The number of nitrogens with zero attached hydrogens (tertiary/aromatic N) is 2. The highest BCUT2D eigenvalue weighted by molar-refractivity contribution is 6.36. The second-order valence-electron chi connectivity index (χ2n) is 7.84. The van der Waals surface area contributed by atoms with Gasteiger partial charge in [-0.05, 0) is 43.0 Å². The third kappa shape index (κ3) is 4.65. The molecule has 0 aliphatic heterocycles. The van der Waals surface area contributed by atoms with Gasteiger partial charge < -0.3 is 16.2 Å². The van der Waals surface area contributed by atoms with Gasteiger partial charge in [-0.15, -0.1) is 0 Å². The van der Waals surface area contributed by atoms with Gasteiger partial charge in [0.05, 0.1) is 11.9 Å². The van der Waals surface area contributed by atoms with E-state index >= 15 is 0 Å². The first kappa shape index (κ1) is 22.3. The molecule has 4 rings (SSSR count). The zero-order chi connectivity index (χ0) is 22.7. The van der Waals surface area contributed by atoms with Gasteiger partial charge in [-0.1, -0.05) is 47.5 Å². The first-order chi connectivity index (χ1) is 15.4. The van der Waals surface area contributed by atoms with Crippen molar-refractivity contribution in [3.05, 3.63) is 69.8 Å². The predicted octanol–water partition coefficient (Wildman–Crippen LogP) is 4.74. The Balaban J connectivity index is 1.50. The van der Waals surface area contributed by atoms with E-state index in [0.29, 0.717) is 47.5 Å². The molecule has 166 valence electrons. The van der Waals surface area contributed by atoms with Gasteiger partial charge in [-0.3, -0.25) is 10.1 Å². The molecule has 0 unspecified atom stereocenters. The highest BCUT2D eigenvalue weighted by atomic mass is 35.5. The Morgan fingerprint density at radius 2 is 1.84 bits per heavy atom. The number of hydrogen-bond donors (Lipinski definition) is 4.